The number of aryl methyl sites for hydroxylation is 1. The topological polar surface area (TPSA) is 113 Å². The fourth-order valence-corrected chi connectivity index (χ4v) is 4.69. The third-order valence-electron chi connectivity index (χ3n) is 6.85. The molecule has 1 aliphatic carbocycles. The van der Waals surface area contributed by atoms with Crippen molar-refractivity contribution in [3.05, 3.63) is 53.9 Å². The number of hydrogen-bond donors (Lipinski definition) is 2. The second kappa shape index (κ2) is 8.33. The number of β-amino-alcohol motifs (C(OH)–C–C–N with tert-alkyl or cyclic N) is 1. The molecule has 1 aliphatic heterocycles. The van der Waals surface area contributed by atoms with Gasteiger partial charge < -0.3 is 15.3 Å². The van der Waals surface area contributed by atoms with Crippen LogP contribution in [0.5, 0.6) is 0 Å². The van der Waals surface area contributed by atoms with E-state index < -0.39 is 12.0 Å². The number of benzene rings is 1. The first-order chi connectivity index (χ1) is 17.3. The second-order valence-corrected chi connectivity index (χ2v) is 9.50. The number of aliphatic hydroxyl groups excluding tert-OH is 1. The van der Waals surface area contributed by atoms with E-state index in [1.54, 1.807) is 22.8 Å². The Labute approximate surface area is 204 Å². The van der Waals surface area contributed by atoms with Crippen molar-refractivity contribution >= 4 is 22.8 Å². The third-order valence-corrected chi connectivity index (χ3v) is 6.85. The van der Waals surface area contributed by atoms with Gasteiger partial charge in [0, 0.05) is 49.1 Å². The summed E-state index contributed by atoms with van der Waals surface area (Å²) in [7, 11) is 0. The van der Waals surface area contributed by atoms with Crippen LogP contribution in [0.15, 0.2) is 42.7 Å². The number of anilines is 2. The molecule has 36 heavy (non-hydrogen) atoms. The molecule has 1 saturated carbocycles. The molecule has 6 rings (SSSR count). The molecule has 1 amide bonds. The summed E-state index contributed by atoms with van der Waals surface area (Å²) in [6.45, 7) is 3.17. The van der Waals surface area contributed by atoms with Crippen molar-refractivity contribution in [2.45, 2.75) is 44.3 Å². The average molecular weight is 495 g/mol. The van der Waals surface area contributed by atoms with E-state index in [0.29, 0.717) is 41.1 Å². The SMILES string of the molecule is Cc1ccc(-c2nnn(C3CC(F)(F)C3)n2)cc1NC(=O)c1cnn2ccc(N3CC[C@H](O)C3)cc12. The first-order valence-electron chi connectivity index (χ1n) is 11.8. The number of carbonyl (C=O) groups is 1. The van der Waals surface area contributed by atoms with Gasteiger partial charge in [0.1, 0.15) is 0 Å². The molecule has 3 aromatic heterocycles. The molecule has 0 unspecified atom stereocenters. The van der Waals surface area contributed by atoms with Gasteiger partial charge >= 0.3 is 0 Å². The van der Waals surface area contributed by atoms with Crippen LogP contribution in [0.4, 0.5) is 20.2 Å². The summed E-state index contributed by atoms with van der Waals surface area (Å²) in [5, 5.41) is 29.3. The van der Waals surface area contributed by atoms with E-state index in [-0.39, 0.29) is 24.9 Å². The largest absolute Gasteiger partial charge is 0.391 e. The van der Waals surface area contributed by atoms with Gasteiger partial charge in [-0.25, -0.2) is 13.3 Å². The quantitative estimate of drug-likeness (QED) is 0.438. The Morgan fingerprint density at radius 2 is 2.06 bits per heavy atom. The number of alkyl halides is 2. The van der Waals surface area contributed by atoms with Gasteiger partial charge in [0.05, 0.1) is 29.4 Å². The Kier molecular flexibility index (Phi) is 5.21. The van der Waals surface area contributed by atoms with E-state index >= 15 is 0 Å². The molecular formula is C24H24F2N8O2. The van der Waals surface area contributed by atoms with Gasteiger partial charge in [-0.15, -0.1) is 10.2 Å². The third kappa shape index (κ3) is 4.06. The lowest BCUT2D eigenvalue weighted by molar-refractivity contribution is -0.110. The number of aliphatic hydroxyl groups is 1. The van der Waals surface area contributed by atoms with Crippen molar-refractivity contribution in [2.24, 2.45) is 0 Å². The lowest BCUT2D eigenvalue weighted by Crippen LogP contribution is -2.38. The number of nitrogens with one attached hydrogen (secondary N) is 1. The Hall–Kier alpha value is -3.93. The molecule has 186 valence electrons. The van der Waals surface area contributed by atoms with Gasteiger partial charge in [-0.05, 0) is 42.3 Å². The Morgan fingerprint density at radius 3 is 2.81 bits per heavy atom. The Balaban J connectivity index is 1.23. The van der Waals surface area contributed by atoms with Crippen LogP contribution in [0.1, 0.15) is 41.2 Å². The zero-order chi connectivity index (χ0) is 25.0. The van der Waals surface area contributed by atoms with Crippen LogP contribution < -0.4 is 10.2 Å². The number of nitrogens with zero attached hydrogens (tertiary/aromatic N) is 7. The highest BCUT2D eigenvalue weighted by Gasteiger charge is 2.47. The second-order valence-electron chi connectivity index (χ2n) is 9.50. The van der Waals surface area contributed by atoms with E-state index in [1.807, 2.05) is 25.1 Å². The monoisotopic (exact) mass is 494 g/mol. The molecule has 1 atom stereocenters. The summed E-state index contributed by atoms with van der Waals surface area (Å²) in [6.07, 6.45) is 3.09. The number of hydrogen-bond acceptors (Lipinski definition) is 7. The van der Waals surface area contributed by atoms with Crippen LogP contribution in [-0.4, -0.2) is 66.0 Å². The number of carbonyl (C=O) groups excluding carboxylic acids is 1. The molecule has 1 saturated heterocycles. The summed E-state index contributed by atoms with van der Waals surface area (Å²) in [4.78, 5) is 16.6. The Bertz CT molecular complexity index is 1460. The summed E-state index contributed by atoms with van der Waals surface area (Å²) >= 11 is 0. The maximum Gasteiger partial charge on any atom is 0.259 e. The van der Waals surface area contributed by atoms with Crippen LogP contribution >= 0.6 is 0 Å². The van der Waals surface area contributed by atoms with Gasteiger partial charge in [0.15, 0.2) is 0 Å². The van der Waals surface area contributed by atoms with Gasteiger partial charge in [-0.2, -0.15) is 9.90 Å². The fourth-order valence-electron chi connectivity index (χ4n) is 4.69. The standard InChI is InChI=1S/C24H24F2N8O2/c1-14-2-3-15(22-29-31-34(30-22)17-10-24(25,26)11-17)8-20(14)28-23(36)19-12-27-33-7-4-16(9-21(19)33)32-6-5-18(35)13-32/h2-4,7-9,12,17-18,35H,5-6,10-11,13H2,1H3,(H,28,36)/t18-/m0/s1. The molecule has 12 heteroatoms. The number of rotatable bonds is 5. The first-order valence-corrected chi connectivity index (χ1v) is 11.8. The average Bonchev–Trinajstić information content (AvgIpc) is 3.58. The smallest absolute Gasteiger partial charge is 0.259 e. The highest BCUT2D eigenvalue weighted by Crippen LogP contribution is 2.44. The summed E-state index contributed by atoms with van der Waals surface area (Å²) < 4.78 is 28.0. The molecule has 0 bridgehead atoms. The van der Waals surface area contributed by atoms with Gasteiger partial charge in [-0.3, -0.25) is 4.79 Å². The molecule has 2 fully saturated rings. The number of aromatic nitrogens is 6. The summed E-state index contributed by atoms with van der Waals surface area (Å²) in [5.41, 5.74) is 4.01. The zero-order valence-electron chi connectivity index (χ0n) is 19.5. The number of fused-ring (bicyclic) bond motifs is 1. The molecule has 0 radical (unpaired) electrons. The highest BCUT2D eigenvalue weighted by atomic mass is 19.3. The fraction of sp³-hybridized carbons (Fsp3) is 0.375. The van der Waals surface area contributed by atoms with Gasteiger partial charge in [-0.1, -0.05) is 12.1 Å². The normalized spacial score (nSPS) is 19.6. The van der Waals surface area contributed by atoms with Crippen LogP contribution in [0.3, 0.4) is 0 Å². The molecular weight excluding hydrogens is 470 g/mol. The molecule has 4 aromatic rings. The maximum atomic E-state index is 13.2. The van der Waals surface area contributed by atoms with Crippen molar-refractivity contribution in [3.8, 4) is 11.4 Å². The van der Waals surface area contributed by atoms with E-state index in [2.05, 4.69) is 30.7 Å². The van der Waals surface area contributed by atoms with Crippen LogP contribution in [0.2, 0.25) is 0 Å². The number of tetrazole rings is 1. The maximum absolute atomic E-state index is 13.2. The van der Waals surface area contributed by atoms with Crippen molar-refractivity contribution < 1.29 is 18.7 Å². The summed E-state index contributed by atoms with van der Waals surface area (Å²) in [5.74, 6) is -2.69. The highest BCUT2D eigenvalue weighted by molar-refractivity contribution is 6.09. The van der Waals surface area contributed by atoms with E-state index in [9.17, 15) is 18.7 Å². The minimum atomic E-state index is -2.67. The van der Waals surface area contributed by atoms with E-state index in [0.717, 1.165) is 17.8 Å². The van der Waals surface area contributed by atoms with E-state index in [4.69, 9.17) is 0 Å². The lowest BCUT2D eigenvalue weighted by atomic mass is 9.89. The molecule has 4 heterocycles. The number of halogens is 2. The van der Waals surface area contributed by atoms with Gasteiger partial charge in [0.2, 0.25) is 5.82 Å². The molecule has 2 N–H and O–H groups in total. The molecule has 10 nitrogen and oxygen atoms in total. The lowest BCUT2D eigenvalue weighted by Gasteiger charge is -2.33. The first kappa shape index (κ1) is 22.5. The van der Waals surface area contributed by atoms with Crippen molar-refractivity contribution in [2.75, 3.05) is 23.3 Å². The Morgan fingerprint density at radius 1 is 1.22 bits per heavy atom. The minimum Gasteiger partial charge on any atom is -0.391 e. The van der Waals surface area contributed by atoms with Crippen molar-refractivity contribution in [1.82, 2.24) is 29.8 Å². The van der Waals surface area contributed by atoms with Gasteiger partial charge in [0.25, 0.3) is 11.8 Å². The predicted molar refractivity (Wildman–Crippen MR) is 127 cm³/mol. The van der Waals surface area contributed by atoms with Crippen molar-refractivity contribution in [1.29, 1.82) is 0 Å². The molecule has 0 spiro atoms. The zero-order valence-corrected chi connectivity index (χ0v) is 19.5. The molecule has 1 aromatic carbocycles. The van der Waals surface area contributed by atoms with Crippen molar-refractivity contribution in [3.63, 3.8) is 0 Å². The number of amides is 1. The van der Waals surface area contributed by atoms with Crippen LogP contribution in [-0.2, 0) is 0 Å². The minimum absolute atomic E-state index is 0.294. The predicted octanol–water partition coefficient (Wildman–Crippen LogP) is 3.09. The van der Waals surface area contributed by atoms with Crippen LogP contribution in [0, 0.1) is 6.92 Å². The van der Waals surface area contributed by atoms with Crippen LogP contribution in [0.25, 0.3) is 16.9 Å². The molecule has 2 aliphatic rings. The van der Waals surface area contributed by atoms with E-state index in [1.165, 1.54) is 11.0 Å². The number of pyridine rings is 1. The summed E-state index contributed by atoms with van der Waals surface area (Å²) in [6, 6.07) is 8.72.